The molecule has 2 N–H and O–H groups in total. The first-order valence-electron chi connectivity index (χ1n) is 6.37. The van der Waals surface area contributed by atoms with Gasteiger partial charge in [0.2, 0.25) is 10.0 Å². The van der Waals surface area contributed by atoms with Crippen molar-refractivity contribution in [3.63, 3.8) is 0 Å². The number of hydrogen-bond donors (Lipinski definition) is 2. The zero-order chi connectivity index (χ0) is 14.6. The second kappa shape index (κ2) is 9.59. The van der Waals surface area contributed by atoms with Crippen LogP contribution in [0.2, 0.25) is 0 Å². The van der Waals surface area contributed by atoms with Crippen molar-refractivity contribution in [2.24, 2.45) is 0 Å². The summed E-state index contributed by atoms with van der Waals surface area (Å²) in [7, 11) is -3.94. The van der Waals surface area contributed by atoms with E-state index in [9.17, 15) is 17.2 Å². The molecule has 0 saturated carbocycles. The predicted molar refractivity (Wildman–Crippen MR) is 85.4 cm³/mol. The molecule has 0 radical (unpaired) electrons. The van der Waals surface area contributed by atoms with Crippen LogP contribution in [-0.4, -0.2) is 52.6 Å². The van der Waals surface area contributed by atoms with Crippen LogP contribution in [0.15, 0.2) is 23.1 Å². The molecule has 22 heavy (non-hydrogen) atoms. The van der Waals surface area contributed by atoms with Crippen LogP contribution in [0.3, 0.4) is 0 Å². The average Bonchev–Trinajstić information content (AvgIpc) is 2.39. The summed E-state index contributed by atoms with van der Waals surface area (Å²) in [5.74, 6) is -1.89. The normalized spacial score (nSPS) is 15.7. The Hall–Kier alpha value is -0.510. The summed E-state index contributed by atoms with van der Waals surface area (Å²) >= 11 is 0. The van der Waals surface area contributed by atoms with Gasteiger partial charge in [-0.2, -0.15) is 0 Å². The van der Waals surface area contributed by atoms with Gasteiger partial charge in [-0.25, -0.2) is 21.9 Å². The van der Waals surface area contributed by atoms with E-state index in [0.29, 0.717) is 12.6 Å². The van der Waals surface area contributed by atoms with Gasteiger partial charge in [-0.05, 0) is 12.1 Å². The van der Waals surface area contributed by atoms with Gasteiger partial charge in [-0.15, -0.1) is 24.8 Å². The molecule has 1 fully saturated rings. The fraction of sp³-hybridized carbons (Fsp3) is 0.500. The Labute approximate surface area is 141 Å². The molecule has 0 aromatic heterocycles. The van der Waals surface area contributed by atoms with E-state index in [1.54, 1.807) is 0 Å². The molecule has 5 nitrogen and oxygen atoms in total. The minimum Gasteiger partial charge on any atom is -0.314 e. The smallest absolute Gasteiger partial charge is 0.243 e. The molecule has 1 saturated heterocycles. The maximum atomic E-state index is 13.5. The molecule has 1 aromatic rings. The van der Waals surface area contributed by atoms with Crippen LogP contribution in [0, 0.1) is 11.6 Å². The molecular weight excluding hydrogens is 359 g/mol. The number of rotatable bonds is 5. The van der Waals surface area contributed by atoms with E-state index in [2.05, 4.69) is 14.9 Å². The molecule has 0 amide bonds. The number of sulfonamides is 1. The van der Waals surface area contributed by atoms with Gasteiger partial charge in [0.15, 0.2) is 0 Å². The van der Waals surface area contributed by atoms with Gasteiger partial charge in [0, 0.05) is 45.3 Å². The Balaban J connectivity index is 0.00000220. The van der Waals surface area contributed by atoms with Crippen molar-refractivity contribution in [1.82, 2.24) is 14.9 Å². The van der Waals surface area contributed by atoms with E-state index in [1.807, 2.05) is 0 Å². The second-order valence-corrected chi connectivity index (χ2v) is 6.30. The number of benzene rings is 1. The molecule has 0 aliphatic carbocycles. The van der Waals surface area contributed by atoms with E-state index in [-0.39, 0.29) is 31.4 Å². The van der Waals surface area contributed by atoms with E-state index in [0.717, 1.165) is 38.3 Å². The Morgan fingerprint density at radius 3 is 2.41 bits per heavy atom. The predicted octanol–water partition coefficient (Wildman–Crippen LogP) is 0.992. The van der Waals surface area contributed by atoms with Crippen molar-refractivity contribution in [1.29, 1.82) is 0 Å². The third-order valence-corrected chi connectivity index (χ3v) is 4.61. The van der Waals surface area contributed by atoms with Crippen molar-refractivity contribution in [2.75, 3.05) is 39.3 Å². The number of halogens is 4. The van der Waals surface area contributed by atoms with Crippen LogP contribution in [0.5, 0.6) is 0 Å². The molecule has 1 heterocycles. The highest BCUT2D eigenvalue weighted by Gasteiger charge is 2.19. The van der Waals surface area contributed by atoms with E-state index >= 15 is 0 Å². The zero-order valence-electron chi connectivity index (χ0n) is 11.7. The largest absolute Gasteiger partial charge is 0.314 e. The van der Waals surface area contributed by atoms with Crippen LogP contribution < -0.4 is 10.0 Å². The van der Waals surface area contributed by atoms with Gasteiger partial charge < -0.3 is 5.32 Å². The Kier molecular flexibility index (Phi) is 9.37. The zero-order valence-corrected chi connectivity index (χ0v) is 14.2. The second-order valence-electron chi connectivity index (χ2n) is 4.56. The minimum atomic E-state index is -3.94. The molecule has 0 bridgehead atoms. The molecule has 10 heteroatoms. The van der Waals surface area contributed by atoms with Gasteiger partial charge in [-0.3, -0.25) is 4.90 Å². The SMILES string of the molecule is Cl.Cl.O=S(=O)(NCCN1CCNCC1)c1ccc(F)cc1F. The number of nitrogens with one attached hydrogen (secondary N) is 2. The Morgan fingerprint density at radius 1 is 1.18 bits per heavy atom. The van der Waals surface area contributed by atoms with Crippen LogP contribution >= 0.6 is 24.8 Å². The standard InChI is InChI=1S/C12H17F2N3O2S.2ClH/c13-10-1-2-12(11(14)9-10)20(18,19)16-5-8-17-6-3-15-4-7-17;;/h1-2,9,15-16H,3-8H2;2*1H. The van der Waals surface area contributed by atoms with Crippen molar-refractivity contribution < 1.29 is 17.2 Å². The lowest BCUT2D eigenvalue weighted by molar-refractivity contribution is 0.245. The third kappa shape index (κ3) is 5.94. The highest BCUT2D eigenvalue weighted by Crippen LogP contribution is 2.14. The maximum absolute atomic E-state index is 13.5. The van der Waals surface area contributed by atoms with Crippen LogP contribution in [-0.2, 0) is 10.0 Å². The van der Waals surface area contributed by atoms with Crippen molar-refractivity contribution in [2.45, 2.75) is 4.90 Å². The van der Waals surface area contributed by atoms with E-state index in [4.69, 9.17) is 0 Å². The van der Waals surface area contributed by atoms with Gasteiger partial charge >= 0.3 is 0 Å². The molecule has 1 aliphatic rings. The summed E-state index contributed by atoms with van der Waals surface area (Å²) in [4.78, 5) is 1.58. The highest BCUT2D eigenvalue weighted by atomic mass is 35.5. The maximum Gasteiger partial charge on any atom is 0.243 e. The van der Waals surface area contributed by atoms with E-state index in [1.165, 1.54) is 0 Å². The quantitative estimate of drug-likeness (QED) is 0.803. The Morgan fingerprint density at radius 2 is 1.82 bits per heavy atom. The van der Waals surface area contributed by atoms with Crippen LogP contribution in [0.25, 0.3) is 0 Å². The summed E-state index contributed by atoms with van der Waals surface area (Å²) in [6, 6.07) is 2.41. The minimum absolute atomic E-state index is 0. The molecule has 0 spiro atoms. The Bertz CT molecular complexity index is 569. The number of hydrogen-bond acceptors (Lipinski definition) is 4. The first kappa shape index (κ1) is 21.5. The van der Waals surface area contributed by atoms with Gasteiger partial charge in [0.1, 0.15) is 16.5 Å². The number of nitrogens with zero attached hydrogens (tertiary/aromatic N) is 1. The van der Waals surface area contributed by atoms with E-state index < -0.39 is 26.6 Å². The first-order valence-corrected chi connectivity index (χ1v) is 7.85. The molecule has 0 atom stereocenters. The van der Waals surface area contributed by atoms with Crippen molar-refractivity contribution in [3.8, 4) is 0 Å². The molecule has 1 aliphatic heterocycles. The molecule has 1 aromatic carbocycles. The van der Waals surface area contributed by atoms with Crippen LogP contribution in [0.4, 0.5) is 8.78 Å². The van der Waals surface area contributed by atoms with Gasteiger partial charge in [-0.1, -0.05) is 0 Å². The summed E-state index contributed by atoms with van der Waals surface area (Å²) in [6.07, 6.45) is 0. The lowest BCUT2D eigenvalue weighted by Gasteiger charge is -2.27. The summed E-state index contributed by atoms with van der Waals surface area (Å²) < 4.78 is 52.3. The van der Waals surface area contributed by atoms with Crippen LogP contribution in [0.1, 0.15) is 0 Å². The number of piperazine rings is 1. The fourth-order valence-electron chi connectivity index (χ4n) is 2.04. The molecule has 2 rings (SSSR count). The average molecular weight is 378 g/mol. The summed E-state index contributed by atoms with van der Waals surface area (Å²) in [5.41, 5.74) is 0. The first-order chi connectivity index (χ1) is 9.49. The van der Waals surface area contributed by atoms with Gasteiger partial charge in [0.05, 0.1) is 0 Å². The monoisotopic (exact) mass is 377 g/mol. The summed E-state index contributed by atoms with van der Waals surface area (Å²) in [5, 5.41) is 3.19. The van der Waals surface area contributed by atoms with Gasteiger partial charge in [0.25, 0.3) is 0 Å². The fourth-order valence-corrected chi connectivity index (χ4v) is 3.12. The molecular formula is C12H19Cl2F2N3O2S. The molecule has 128 valence electrons. The summed E-state index contributed by atoms with van der Waals surface area (Å²) in [6.45, 7) is 4.21. The topological polar surface area (TPSA) is 61.4 Å². The lowest BCUT2D eigenvalue weighted by Crippen LogP contribution is -2.46. The highest BCUT2D eigenvalue weighted by molar-refractivity contribution is 7.89. The van der Waals surface area contributed by atoms with Crippen molar-refractivity contribution in [3.05, 3.63) is 29.8 Å². The molecule has 0 unspecified atom stereocenters. The van der Waals surface area contributed by atoms with Crippen molar-refractivity contribution >= 4 is 34.8 Å². The third-order valence-electron chi connectivity index (χ3n) is 3.11. The lowest BCUT2D eigenvalue weighted by atomic mass is 10.3.